The number of hydrogen-bond donors (Lipinski definition) is 1. The summed E-state index contributed by atoms with van der Waals surface area (Å²) in [5.41, 5.74) is 0.267. The van der Waals surface area contributed by atoms with Gasteiger partial charge in [-0.15, -0.1) is 0 Å². The van der Waals surface area contributed by atoms with Gasteiger partial charge in [0.1, 0.15) is 0 Å². The van der Waals surface area contributed by atoms with Crippen molar-refractivity contribution in [1.29, 1.82) is 0 Å². The highest BCUT2D eigenvalue weighted by atomic mass is 19.2. The van der Waals surface area contributed by atoms with Gasteiger partial charge in [0.05, 0.1) is 5.69 Å². The first-order valence-electron chi connectivity index (χ1n) is 6.40. The van der Waals surface area contributed by atoms with Gasteiger partial charge in [-0.05, 0) is 38.4 Å². The zero-order chi connectivity index (χ0) is 13.3. The van der Waals surface area contributed by atoms with E-state index < -0.39 is 11.6 Å². The van der Waals surface area contributed by atoms with Gasteiger partial charge in [0.25, 0.3) is 0 Å². The van der Waals surface area contributed by atoms with Crippen LogP contribution in [0.25, 0.3) is 0 Å². The van der Waals surface area contributed by atoms with Crippen molar-refractivity contribution in [3.05, 3.63) is 29.8 Å². The lowest BCUT2D eigenvalue weighted by Gasteiger charge is -2.40. The van der Waals surface area contributed by atoms with Gasteiger partial charge in [0, 0.05) is 18.6 Å². The second kappa shape index (κ2) is 5.22. The number of halogens is 2. The van der Waals surface area contributed by atoms with Gasteiger partial charge >= 0.3 is 0 Å². The van der Waals surface area contributed by atoms with Crippen molar-refractivity contribution in [3.63, 3.8) is 0 Å². The molecule has 1 aliphatic rings. The summed E-state index contributed by atoms with van der Waals surface area (Å²) < 4.78 is 26.8. The molecule has 3 atom stereocenters. The Morgan fingerprint density at radius 2 is 2.00 bits per heavy atom. The van der Waals surface area contributed by atoms with Crippen molar-refractivity contribution < 1.29 is 8.78 Å². The molecule has 1 aromatic rings. The molecule has 3 unspecified atom stereocenters. The smallest absolute Gasteiger partial charge is 0.181 e. The van der Waals surface area contributed by atoms with E-state index in [2.05, 4.69) is 31.1 Å². The van der Waals surface area contributed by atoms with E-state index in [-0.39, 0.29) is 11.7 Å². The number of benzene rings is 1. The maximum Gasteiger partial charge on any atom is 0.181 e. The molecule has 0 spiro atoms. The van der Waals surface area contributed by atoms with E-state index in [0.29, 0.717) is 12.0 Å². The van der Waals surface area contributed by atoms with Crippen LogP contribution in [0.1, 0.15) is 20.3 Å². The average Bonchev–Trinajstić information content (AvgIpc) is 2.32. The molecule has 0 bridgehead atoms. The molecule has 1 fully saturated rings. The Hall–Kier alpha value is -1.16. The van der Waals surface area contributed by atoms with Crippen LogP contribution in [0, 0.1) is 17.6 Å². The van der Waals surface area contributed by atoms with Crippen LogP contribution >= 0.6 is 0 Å². The summed E-state index contributed by atoms with van der Waals surface area (Å²) in [6, 6.07) is 4.90. The summed E-state index contributed by atoms with van der Waals surface area (Å²) in [4.78, 5) is 2.30. The maximum atomic E-state index is 13.6. The molecule has 0 saturated carbocycles. The average molecular weight is 254 g/mol. The van der Waals surface area contributed by atoms with Gasteiger partial charge in [-0.1, -0.05) is 13.0 Å². The summed E-state index contributed by atoms with van der Waals surface area (Å²) in [6.45, 7) is 5.26. The second-order valence-electron chi connectivity index (χ2n) is 5.35. The lowest BCUT2D eigenvalue weighted by atomic mass is 9.89. The van der Waals surface area contributed by atoms with E-state index in [9.17, 15) is 8.78 Å². The Balaban J connectivity index is 2.11. The summed E-state index contributed by atoms with van der Waals surface area (Å²) in [6.07, 6.45) is 0.938. The molecule has 4 heteroatoms. The van der Waals surface area contributed by atoms with Crippen LogP contribution in [-0.2, 0) is 0 Å². The summed E-state index contributed by atoms with van der Waals surface area (Å²) in [5.74, 6) is -1.17. The molecule has 2 rings (SSSR count). The normalized spacial score (nSPS) is 29.3. The van der Waals surface area contributed by atoms with Crippen molar-refractivity contribution in [2.75, 3.05) is 18.9 Å². The highest BCUT2D eigenvalue weighted by molar-refractivity contribution is 5.46. The van der Waals surface area contributed by atoms with Gasteiger partial charge < -0.3 is 10.2 Å². The first-order valence-corrected chi connectivity index (χ1v) is 6.40. The minimum atomic E-state index is -0.798. The molecule has 1 N–H and O–H groups in total. The topological polar surface area (TPSA) is 15.3 Å². The summed E-state index contributed by atoms with van der Waals surface area (Å²) in [7, 11) is 2.10. The number of rotatable bonds is 2. The fraction of sp³-hybridized carbons (Fsp3) is 0.571. The maximum absolute atomic E-state index is 13.6. The highest BCUT2D eigenvalue weighted by Crippen LogP contribution is 2.26. The minimum Gasteiger partial charge on any atom is -0.379 e. The van der Waals surface area contributed by atoms with E-state index in [1.54, 1.807) is 6.07 Å². The molecular formula is C14H20F2N2. The van der Waals surface area contributed by atoms with E-state index in [0.717, 1.165) is 19.0 Å². The van der Waals surface area contributed by atoms with Crippen molar-refractivity contribution in [2.24, 2.45) is 5.92 Å². The molecular weight excluding hydrogens is 234 g/mol. The molecule has 0 aromatic heterocycles. The second-order valence-corrected chi connectivity index (χ2v) is 5.35. The number of hydrogen-bond acceptors (Lipinski definition) is 2. The lowest BCUT2D eigenvalue weighted by Crippen LogP contribution is -2.48. The fourth-order valence-corrected chi connectivity index (χ4v) is 2.56. The van der Waals surface area contributed by atoms with Crippen molar-refractivity contribution in [2.45, 2.75) is 32.4 Å². The quantitative estimate of drug-likeness (QED) is 0.872. The predicted molar refractivity (Wildman–Crippen MR) is 69.6 cm³/mol. The van der Waals surface area contributed by atoms with Gasteiger partial charge in [0.2, 0.25) is 0 Å². The molecule has 1 aliphatic heterocycles. The monoisotopic (exact) mass is 254 g/mol. The highest BCUT2D eigenvalue weighted by Gasteiger charge is 2.29. The third kappa shape index (κ3) is 2.64. The summed E-state index contributed by atoms with van der Waals surface area (Å²) >= 11 is 0. The first kappa shape index (κ1) is 13.3. The standard InChI is InChI=1S/C14H20F2N2/c1-9-8-18(3)10(2)7-13(9)17-12-6-4-5-11(15)14(12)16/h4-6,9-10,13,17H,7-8H2,1-3H3. The SMILES string of the molecule is CC1CN(C)C(C)CC1Nc1cccc(F)c1F. The molecule has 0 amide bonds. The van der Waals surface area contributed by atoms with E-state index >= 15 is 0 Å². The van der Waals surface area contributed by atoms with Crippen LogP contribution in [0.2, 0.25) is 0 Å². The van der Waals surface area contributed by atoms with Crippen LogP contribution in [0.3, 0.4) is 0 Å². The Morgan fingerprint density at radius 1 is 1.28 bits per heavy atom. The molecule has 2 nitrogen and oxygen atoms in total. The molecule has 18 heavy (non-hydrogen) atoms. The van der Waals surface area contributed by atoms with Crippen LogP contribution in [0.5, 0.6) is 0 Å². The minimum absolute atomic E-state index is 0.187. The number of nitrogens with one attached hydrogen (secondary N) is 1. The largest absolute Gasteiger partial charge is 0.379 e. The molecule has 100 valence electrons. The number of nitrogens with zero attached hydrogens (tertiary/aromatic N) is 1. The van der Waals surface area contributed by atoms with Crippen LogP contribution in [-0.4, -0.2) is 30.6 Å². The molecule has 1 saturated heterocycles. The third-order valence-electron chi connectivity index (χ3n) is 3.90. The molecule has 0 aliphatic carbocycles. The van der Waals surface area contributed by atoms with Crippen LogP contribution in [0.15, 0.2) is 18.2 Å². The third-order valence-corrected chi connectivity index (χ3v) is 3.90. The van der Waals surface area contributed by atoms with Gasteiger partial charge in [-0.3, -0.25) is 0 Å². The molecule has 0 radical (unpaired) electrons. The molecule has 1 heterocycles. The van der Waals surface area contributed by atoms with E-state index in [4.69, 9.17) is 0 Å². The van der Waals surface area contributed by atoms with Gasteiger partial charge in [-0.2, -0.15) is 0 Å². The van der Waals surface area contributed by atoms with Gasteiger partial charge in [-0.25, -0.2) is 8.78 Å². The van der Waals surface area contributed by atoms with Crippen LogP contribution in [0.4, 0.5) is 14.5 Å². The lowest BCUT2D eigenvalue weighted by molar-refractivity contribution is 0.145. The fourth-order valence-electron chi connectivity index (χ4n) is 2.56. The zero-order valence-corrected chi connectivity index (χ0v) is 11.1. The van der Waals surface area contributed by atoms with Crippen molar-refractivity contribution in [3.8, 4) is 0 Å². The number of likely N-dealkylation sites (tertiary alicyclic amines) is 1. The summed E-state index contributed by atoms with van der Waals surface area (Å²) in [5, 5.41) is 3.15. The van der Waals surface area contributed by atoms with Crippen molar-refractivity contribution in [1.82, 2.24) is 4.90 Å². The molecule has 1 aromatic carbocycles. The Morgan fingerprint density at radius 3 is 2.72 bits per heavy atom. The van der Waals surface area contributed by atoms with E-state index in [1.165, 1.54) is 6.07 Å². The van der Waals surface area contributed by atoms with E-state index in [1.807, 2.05) is 0 Å². The number of piperidine rings is 1. The van der Waals surface area contributed by atoms with Crippen molar-refractivity contribution >= 4 is 5.69 Å². The Labute approximate surface area is 107 Å². The van der Waals surface area contributed by atoms with Gasteiger partial charge in [0.15, 0.2) is 11.6 Å². The van der Waals surface area contributed by atoms with Crippen LogP contribution < -0.4 is 5.32 Å². The zero-order valence-electron chi connectivity index (χ0n) is 11.1. The number of anilines is 1. The Kier molecular flexibility index (Phi) is 3.85. The Bertz CT molecular complexity index is 422. The predicted octanol–water partition coefficient (Wildman–Crippen LogP) is 3.11. The first-order chi connectivity index (χ1) is 8.49.